The van der Waals surface area contributed by atoms with Crippen LogP contribution in [0.15, 0.2) is 42.6 Å². The lowest BCUT2D eigenvalue weighted by molar-refractivity contribution is 0.0780. The summed E-state index contributed by atoms with van der Waals surface area (Å²) in [4.78, 5) is 4.38. The van der Waals surface area contributed by atoms with Gasteiger partial charge in [-0.1, -0.05) is 18.2 Å². The number of anilines is 1. The van der Waals surface area contributed by atoms with Gasteiger partial charge in [-0.25, -0.2) is 9.67 Å². The van der Waals surface area contributed by atoms with Crippen molar-refractivity contribution in [3.05, 3.63) is 59.4 Å². The van der Waals surface area contributed by atoms with E-state index in [9.17, 15) is 5.26 Å². The molecule has 2 N–H and O–H groups in total. The number of rotatable bonds is 2. The lowest BCUT2D eigenvalue weighted by Crippen LogP contribution is -2.07. The van der Waals surface area contributed by atoms with Gasteiger partial charge < -0.3 is 10.5 Å². The van der Waals surface area contributed by atoms with Crippen molar-refractivity contribution in [1.29, 1.82) is 5.26 Å². The molecule has 0 amide bonds. The molecule has 0 saturated heterocycles. The standard InChI is InChI=1S/C18H15N5O/c1-11-17-14(10-24-11)16(13(9-19)18(20)22-17)15-7-8-21-23(15)12-5-3-2-4-6-12/h2-8,11H,10H2,1H3,(H2,20,22)/t11-/m0/s1. The molecule has 0 saturated carbocycles. The number of nitriles is 1. The molecule has 1 aliphatic rings. The molecule has 3 heterocycles. The van der Waals surface area contributed by atoms with Crippen LogP contribution in [-0.2, 0) is 11.3 Å². The SMILES string of the molecule is C[C@@H]1OCc2c1nc(N)c(C#N)c2-c1ccnn1-c1ccccc1. The molecule has 1 atom stereocenters. The van der Waals surface area contributed by atoms with Crippen LogP contribution in [-0.4, -0.2) is 14.8 Å². The summed E-state index contributed by atoms with van der Waals surface area (Å²) in [7, 11) is 0. The summed E-state index contributed by atoms with van der Waals surface area (Å²) >= 11 is 0. The minimum Gasteiger partial charge on any atom is -0.383 e. The van der Waals surface area contributed by atoms with Gasteiger partial charge in [0.1, 0.15) is 17.5 Å². The number of nitrogens with two attached hydrogens (primary N) is 1. The fourth-order valence-electron chi connectivity index (χ4n) is 3.09. The molecule has 0 spiro atoms. The quantitative estimate of drug-likeness (QED) is 0.784. The Morgan fingerprint density at radius 1 is 1.29 bits per heavy atom. The lowest BCUT2D eigenvalue weighted by Gasteiger charge is -2.14. The summed E-state index contributed by atoms with van der Waals surface area (Å²) in [5.41, 5.74) is 10.6. The first kappa shape index (κ1) is 14.4. The Kier molecular flexibility index (Phi) is 3.29. The van der Waals surface area contributed by atoms with Crippen molar-refractivity contribution in [2.75, 3.05) is 5.73 Å². The molecular formula is C18H15N5O. The molecular weight excluding hydrogens is 302 g/mol. The highest BCUT2D eigenvalue weighted by atomic mass is 16.5. The van der Waals surface area contributed by atoms with Gasteiger partial charge in [0.15, 0.2) is 0 Å². The molecule has 0 aliphatic carbocycles. The number of aromatic nitrogens is 3. The third-order valence-corrected chi connectivity index (χ3v) is 4.23. The molecule has 118 valence electrons. The zero-order valence-corrected chi connectivity index (χ0v) is 13.1. The minimum absolute atomic E-state index is 0.137. The Labute approximate surface area is 139 Å². The van der Waals surface area contributed by atoms with E-state index in [2.05, 4.69) is 16.2 Å². The van der Waals surface area contributed by atoms with Gasteiger partial charge in [0, 0.05) is 11.1 Å². The Morgan fingerprint density at radius 2 is 2.08 bits per heavy atom. The maximum atomic E-state index is 9.62. The summed E-state index contributed by atoms with van der Waals surface area (Å²) in [5, 5.41) is 14.0. The van der Waals surface area contributed by atoms with Gasteiger partial charge in [-0.15, -0.1) is 0 Å². The van der Waals surface area contributed by atoms with Crippen LogP contribution in [0.5, 0.6) is 0 Å². The van der Waals surface area contributed by atoms with E-state index in [0.29, 0.717) is 12.2 Å². The van der Waals surface area contributed by atoms with Crippen molar-refractivity contribution in [3.63, 3.8) is 0 Å². The molecule has 3 aromatic rings. The van der Waals surface area contributed by atoms with Crippen LogP contribution in [0, 0.1) is 11.3 Å². The Morgan fingerprint density at radius 3 is 2.83 bits per heavy atom. The zero-order valence-electron chi connectivity index (χ0n) is 13.1. The first-order valence-corrected chi connectivity index (χ1v) is 7.64. The van der Waals surface area contributed by atoms with Gasteiger partial charge in [0.2, 0.25) is 0 Å². The van der Waals surface area contributed by atoms with E-state index in [4.69, 9.17) is 10.5 Å². The molecule has 6 nitrogen and oxygen atoms in total. The second-order valence-corrected chi connectivity index (χ2v) is 5.64. The number of hydrogen-bond donors (Lipinski definition) is 1. The molecule has 1 aliphatic heterocycles. The maximum absolute atomic E-state index is 9.62. The monoisotopic (exact) mass is 317 g/mol. The first-order valence-electron chi connectivity index (χ1n) is 7.64. The molecule has 1 aromatic carbocycles. The number of hydrogen-bond acceptors (Lipinski definition) is 5. The predicted molar refractivity (Wildman–Crippen MR) is 89.1 cm³/mol. The van der Waals surface area contributed by atoms with Crippen LogP contribution in [0.4, 0.5) is 5.82 Å². The van der Waals surface area contributed by atoms with E-state index in [1.807, 2.05) is 43.3 Å². The lowest BCUT2D eigenvalue weighted by atomic mass is 9.97. The van der Waals surface area contributed by atoms with E-state index in [-0.39, 0.29) is 11.9 Å². The number of nitrogens with zero attached hydrogens (tertiary/aromatic N) is 4. The van der Waals surface area contributed by atoms with E-state index in [1.54, 1.807) is 10.9 Å². The third-order valence-electron chi connectivity index (χ3n) is 4.23. The van der Waals surface area contributed by atoms with Gasteiger partial charge in [0.25, 0.3) is 0 Å². The molecule has 4 rings (SSSR count). The number of para-hydroxylation sites is 1. The molecule has 0 bridgehead atoms. The fraction of sp³-hybridized carbons (Fsp3) is 0.167. The topological polar surface area (TPSA) is 89.8 Å². The summed E-state index contributed by atoms with van der Waals surface area (Å²) in [6.07, 6.45) is 1.58. The molecule has 0 radical (unpaired) electrons. The number of ether oxygens (including phenoxy) is 1. The molecule has 24 heavy (non-hydrogen) atoms. The third kappa shape index (κ3) is 2.07. The number of pyridine rings is 1. The second kappa shape index (κ2) is 5.48. The minimum atomic E-state index is -0.137. The highest BCUT2D eigenvalue weighted by Crippen LogP contribution is 2.40. The maximum Gasteiger partial charge on any atom is 0.142 e. The summed E-state index contributed by atoms with van der Waals surface area (Å²) < 4.78 is 7.51. The fourth-order valence-corrected chi connectivity index (χ4v) is 3.09. The molecule has 0 unspecified atom stereocenters. The average Bonchev–Trinajstić information content (AvgIpc) is 3.22. The van der Waals surface area contributed by atoms with E-state index >= 15 is 0 Å². The molecule has 2 aromatic heterocycles. The van der Waals surface area contributed by atoms with Gasteiger partial charge in [-0.05, 0) is 25.1 Å². The van der Waals surface area contributed by atoms with Crippen molar-refractivity contribution in [2.45, 2.75) is 19.6 Å². The summed E-state index contributed by atoms with van der Waals surface area (Å²) in [6.45, 7) is 2.34. The highest BCUT2D eigenvalue weighted by Gasteiger charge is 2.29. The Hall–Kier alpha value is -3.17. The van der Waals surface area contributed by atoms with Crippen molar-refractivity contribution >= 4 is 5.82 Å². The second-order valence-electron chi connectivity index (χ2n) is 5.64. The number of nitrogen functional groups attached to an aromatic ring is 1. The van der Waals surface area contributed by atoms with Crippen LogP contribution in [0.1, 0.15) is 29.8 Å². The Bertz CT molecular complexity index is 956. The van der Waals surface area contributed by atoms with Crippen molar-refractivity contribution in [1.82, 2.24) is 14.8 Å². The highest BCUT2D eigenvalue weighted by molar-refractivity contribution is 5.78. The van der Waals surface area contributed by atoms with Crippen LogP contribution in [0.3, 0.4) is 0 Å². The average molecular weight is 317 g/mol. The van der Waals surface area contributed by atoms with Crippen LogP contribution < -0.4 is 5.73 Å². The van der Waals surface area contributed by atoms with Crippen molar-refractivity contribution in [3.8, 4) is 23.0 Å². The number of fused-ring (bicyclic) bond motifs is 1. The summed E-state index contributed by atoms with van der Waals surface area (Å²) in [5.74, 6) is 0.226. The normalized spacial score (nSPS) is 15.9. The zero-order chi connectivity index (χ0) is 16.7. The van der Waals surface area contributed by atoms with Crippen LogP contribution in [0.2, 0.25) is 0 Å². The van der Waals surface area contributed by atoms with Gasteiger partial charge in [-0.2, -0.15) is 10.4 Å². The summed E-state index contributed by atoms with van der Waals surface area (Å²) in [6, 6.07) is 13.8. The first-order chi connectivity index (χ1) is 11.7. The van der Waals surface area contributed by atoms with Crippen LogP contribution in [0.25, 0.3) is 16.9 Å². The van der Waals surface area contributed by atoms with Gasteiger partial charge >= 0.3 is 0 Å². The smallest absolute Gasteiger partial charge is 0.142 e. The Balaban J connectivity index is 2.01. The van der Waals surface area contributed by atoms with Crippen molar-refractivity contribution < 1.29 is 4.74 Å². The molecule has 6 heteroatoms. The predicted octanol–water partition coefficient (Wildman–Crippen LogP) is 2.98. The largest absolute Gasteiger partial charge is 0.383 e. The van der Waals surface area contributed by atoms with Gasteiger partial charge in [-0.3, -0.25) is 0 Å². The van der Waals surface area contributed by atoms with Crippen molar-refractivity contribution in [2.24, 2.45) is 0 Å². The van der Waals surface area contributed by atoms with E-state index in [0.717, 1.165) is 28.2 Å². The molecule has 0 fully saturated rings. The number of benzene rings is 1. The van der Waals surface area contributed by atoms with E-state index < -0.39 is 0 Å². The van der Waals surface area contributed by atoms with E-state index in [1.165, 1.54) is 0 Å². The van der Waals surface area contributed by atoms with Crippen LogP contribution >= 0.6 is 0 Å². The van der Waals surface area contributed by atoms with Gasteiger partial charge in [0.05, 0.1) is 36.0 Å².